The molecule has 0 bridgehead atoms. The van der Waals surface area contributed by atoms with Gasteiger partial charge in [-0.2, -0.15) is 0 Å². The van der Waals surface area contributed by atoms with Crippen LogP contribution in [0, 0.1) is 0 Å². The van der Waals surface area contributed by atoms with Crippen molar-refractivity contribution in [1.29, 1.82) is 0 Å². The molecule has 0 aliphatic carbocycles. The minimum Gasteiger partial charge on any atom is -0.490 e. The third-order valence-corrected chi connectivity index (χ3v) is 3.04. The Bertz CT molecular complexity index is 390. The van der Waals surface area contributed by atoms with Crippen molar-refractivity contribution in [2.75, 3.05) is 26.4 Å². The second-order valence-electron chi connectivity index (χ2n) is 4.45. The molecule has 1 saturated heterocycles. The minimum absolute atomic E-state index is 0.506. The van der Waals surface area contributed by atoms with E-state index in [0.29, 0.717) is 6.04 Å². The maximum Gasteiger partial charge on any atom is 0.161 e. The molecule has 0 aromatic heterocycles. The number of benzene rings is 1. The van der Waals surface area contributed by atoms with Crippen LogP contribution in [0.5, 0.6) is 11.5 Å². The van der Waals surface area contributed by atoms with Crippen LogP contribution in [0.3, 0.4) is 0 Å². The van der Waals surface area contributed by atoms with Gasteiger partial charge in [-0.1, -0.05) is 6.07 Å². The van der Waals surface area contributed by atoms with Crippen molar-refractivity contribution < 1.29 is 14.2 Å². The predicted octanol–water partition coefficient (Wildman–Crippen LogP) is 1.34. The highest BCUT2D eigenvalue weighted by Crippen LogP contribution is 2.30. The Morgan fingerprint density at radius 2 is 1.94 bits per heavy atom. The normalized spacial score (nSPS) is 19.5. The first kappa shape index (κ1) is 10.9. The van der Waals surface area contributed by atoms with Crippen molar-refractivity contribution in [2.45, 2.75) is 19.0 Å². The average molecular weight is 235 g/mol. The number of nitrogens with one attached hydrogen (secondary N) is 1. The zero-order valence-corrected chi connectivity index (χ0v) is 9.78. The second kappa shape index (κ2) is 4.94. The summed E-state index contributed by atoms with van der Waals surface area (Å²) in [5.74, 6) is 1.73. The van der Waals surface area contributed by atoms with Crippen LogP contribution in [0.2, 0.25) is 0 Å². The first-order valence-electron chi connectivity index (χ1n) is 6.11. The van der Waals surface area contributed by atoms with E-state index in [0.717, 1.165) is 50.9 Å². The van der Waals surface area contributed by atoms with Gasteiger partial charge >= 0.3 is 0 Å². The lowest BCUT2D eigenvalue weighted by atomic mass is 10.1. The third-order valence-electron chi connectivity index (χ3n) is 3.04. The third kappa shape index (κ3) is 2.53. The Labute approximate surface area is 101 Å². The maximum atomic E-state index is 5.66. The average Bonchev–Trinajstić information content (AvgIpc) is 2.51. The summed E-state index contributed by atoms with van der Waals surface area (Å²) < 4.78 is 16.4. The molecule has 2 aliphatic rings. The number of hydrogen-bond donors (Lipinski definition) is 1. The number of rotatable bonds is 3. The standard InChI is InChI=1S/C13H17NO3/c1-4-16-12-3-2-10(6-13(12)17-5-1)7-14-11-8-15-9-11/h2-3,6,11,14H,1,4-5,7-9H2. The van der Waals surface area contributed by atoms with Crippen LogP contribution in [0.4, 0.5) is 0 Å². The first-order chi connectivity index (χ1) is 8.42. The molecule has 3 rings (SSSR count). The monoisotopic (exact) mass is 235 g/mol. The van der Waals surface area contributed by atoms with Crippen LogP contribution < -0.4 is 14.8 Å². The van der Waals surface area contributed by atoms with Crippen LogP contribution in [-0.2, 0) is 11.3 Å². The van der Waals surface area contributed by atoms with Crippen molar-refractivity contribution >= 4 is 0 Å². The van der Waals surface area contributed by atoms with E-state index in [1.54, 1.807) is 0 Å². The van der Waals surface area contributed by atoms with Gasteiger partial charge in [-0.05, 0) is 17.7 Å². The minimum atomic E-state index is 0.506. The highest BCUT2D eigenvalue weighted by molar-refractivity contribution is 5.43. The Hall–Kier alpha value is -1.26. The second-order valence-corrected chi connectivity index (χ2v) is 4.45. The lowest BCUT2D eigenvalue weighted by Crippen LogP contribution is -2.45. The summed E-state index contributed by atoms with van der Waals surface area (Å²) in [6, 6.07) is 6.65. The molecule has 17 heavy (non-hydrogen) atoms. The van der Waals surface area contributed by atoms with Crippen LogP contribution in [0.15, 0.2) is 18.2 Å². The number of fused-ring (bicyclic) bond motifs is 1. The molecular formula is C13H17NO3. The Morgan fingerprint density at radius 3 is 2.71 bits per heavy atom. The van der Waals surface area contributed by atoms with Gasteiger partial charge in [-0.15, -0.1) is 0 Å². The molecule has 92 valence electrons. The van der Waals surface area contributed by atoms with Crippen molar-refractivity contribution in [2.24, 2.45) is 0 Å². The van der Waals surface area contributed by atoms with Gasteiger partial charge in [-0.3, -0.25) is 0 Å². The molecule has 1 N–H and O–H groups in total. The van der Waals surface area contributed by atoms with E-state index in [1.165, 1.54) is 5.56 Å². The summed E-state index contributed by atoms with van der Waals surface area (Å²) in [4.78, 5) is 0. The Kier molecular flexibility index (Phi) is 3.16. The maximum absolute atomic E-state index is 5.66. The summed E-state index contributed by atoms with van der Waals surface area (Å²) in [6.07, 6.45) is 0.946. The predicted molar refractivity (Wildman–Crippen MR) is 63.5 cm³/mol. The van der Waals surface area contributed by atoms with Crippen LogP contribution >= 0.6 is 0 Å². The van der Waals surface area contributed by atoms with Gasteiger partial charge in [0.2, 0.25) is 0 Å². The van der Waals surface area contributed by atoms with Gasteiger partial charge in [-0.25, -0.2) is 0 Å². The van der Waals surface area contributed by atoms with E-state index in [-0.39, 0.29) is 0 Å². The quantitative estimate of drug-likeness (QED) is 0.858. The van der Waals surface area contributed by atoms with E-state index in [9.17, 15) is 0 Å². The number of hydrogen-bond acceptors (Lipinski definition) is 4. The molecule has 1 aromatic carbocycles. The molecule has 0 saturated carbocycles. The largest absolute Gasteiger partial charge is 0.490 e. The molecule has 0 spiro atoms. The zero-order chi connectivity index (χ0) is 11.5. The van der Waals surface area contributed by atoms with Gasteiger partial charge in [0, 0.05) is 13.0 Å². The van der Waals surface area contributed by atoms with Crippen molar-refractivity contribution in [3.8, 4) is 11.5 Å². The topological polar surface area (TPSA) is 39.7 Å². The lowest BCUT2D eigenvalue weighted by molar-refractivity contribution is -0.00579. The molecule has 0 atom stereocenters. The summed E-state index contributed by atoms with van der Waals surface area (Å²) in [5.41, 5.74) is 1.22. The van der Waals surface area contributed by atoms with E-state index in [4.69, 9.17) is 14.2 Å². The zero-order valence-electron chi connectivity index (χ0n) is 9.78. The molecular weight excluding hydrogens is 218 g/mol. The van der Waals surface area contributed by atoms with E-state index >= 15 is 0 Å². The fourth-order valence-corrected chi connectivity index (χ4v) is 1.93. The van der Waals surface area contributed by atoms with Crippen molar-refractivity contribution in [3.63, 3.8) is 0 Å². The smallest absolute Gasteiger partial charge is 0.161 e. The van der Waals surface area contributed by atoms with E-state index in [2.05, 4.69) is 17.4 Å². The van der Waals surface area contributed by atoms with Crippen LogP contribution in [-0.4, -0.2) is 32.5 Å². The molecule has 1 fully saturated rings. The summed E-state index contributed by atoms with van der Waals surface area (Å²) in [5, 5.41) is 3.44. The van der Waals surface area contributed by atoms with Gasteiger partial charge in [0.1, 0.15) is 0 Å². The molecule has 4 nitrogen and oxygen atoms in total. The summed E-state index contributed by atoms with van der Waals surface area (Å²) in [7, 11) is 0. The fraction of sp³-hybridized carbons (Fsp3) is 0.538. The lowest BCUT2D eigenvalue weighted by Gasteiger charge is -2.27. The SMILES string of the molecule is c1cc2c(cc1CNC1COC1)OCCCO2. The van der Waals surface area contributed by atoms with Gasteiger partial charge in [0.25, 0.3) is 0 Å². The van der Waals surface area contributed by atoms with E-state index in [1.807, 2.05) is 6.07 Å². The molecule has 2 aliphatic heterocycles. The summed E-state index contributed by atoms with van der Waals surface area (Å²) >= 11 is 0. The Balaban J connectivity index is 1.66. The van der Waals surface area contributed by atoms with Crippen LogP contribution in [0.1, 0.15) is 12.0 Å². The molecule has 0 amide bonds. The first-order valence-corrected chi connectivity index (χ1v) is 6.11. The molecule has 0 unspecified atom stereocenters. The molecule has 4 heteroatoms. The van der Waals surface area contributed by atoms with Gasteiger partial charge in [0.15, 0.2) is 11.5 Å². The molecule has 0 radical (unpaired) electrons. The van der Waals surface area contributed by atoms with Gasteiger partial charge in [0.05, 0.1) is 32.5 Å². The van der Waals surface area contributed by atoms with Crippen molar-refractivity contribution in [1.82, 2.24) is 5.32 Å². The van der Waals surface area contributed by atoms with Crippen LogP contribution in [0.25, 0.3) is 0 Å². The number of ether oxygens (including phenoxy) is 3. The highest BCUT2D eigenvalue weighted by Gasteiger charge is 2.17. The Morgan fingerprint density at radius 1 is 1.12 bits per heavy atom. The summed E-state index contributed by atoms with van der Waals surface area (Å²) in [6.45, 7) is 3.98. The van der Waals surface area contributed by atoms with E-state index < -0.39 is 0 Å². The van der Waals surface area contributed by atoms with Gasteiger partial charge < -0.3 is 19.5 Å². The molecule has 1 aromatic rings. The fourth-order valence-electron chi connectivity index (χ4n) is 1.93. The molecule has 2 heterocycles. The highest BCUT2D eigenvalue weighted by atomic mass is 16.5. The van der Waals surface area contributed by atoms with Crippen molar-refractivity contribution in [3.05, 3.63) is 23.8 Å².